The zero-order chi connectivity index (χ0) is 47.0. The number of nitrogens with zero attached hydrogens (tertiary/aromatic N) is 6. The number of aromatic amines is 1. The van der Waals surface area contributed by atoms with E-state index in [1.807, 2.05) is 41.3 Å². The van der Waals surface area contributed by atoms with Gasteiger partial charge >= 0.3 is 0 Å². The highest BCUT2D eigenvalue weighted by molar-refractivity contribution is 7.90. The number of hydrogen-bond acceptors (Lipinski definition) is 14. The molecule has 1 aliphatic carbocycles. The molecule has 69 heavy (non-hydrogen) atoms. The number of nitro benzene ring substituents is 1. The Morgan fingerprint density at radius 2 is 1.81 bits per heavy atom. The standard InChI is InChI=1S/C51H53N9O8S/c1-31-7-2-3-9-38(31)40-10-6-18-58(40)36-26-51(27-36)14-19-57(20-15-51)35-11-12-39(41(23-35)59-43-21-32-13-17-53-48(32)55-50(43)68-46-30-66-29-44(46)59)49(61)56-69(64,65)37-24-42(60(62)63)47-45(25-37)67-28-34(54-47)22-33-8-4-5-16-52-33/h2-5,7-9,11-13,16-17,21,23-25,34,36,40,44,46,54H,6,10,14-15,18-20,22,26-30H2,1H3,(H,53,55)(H,56,61)/t34-,40-,44+,46+/m0/s1. The lowest BCUT2D eigenvalue weighted by molar-refractivity contribution is -0.384. The van der Waals surface area contributed by atoms with E-state index in [4.69, 9.17) is 19.2 Å². The van der Waals surface area contributed by atoms with Crippen LogP contribution in [0.4, 0.5) is 28.4 Å². The van der Waals surface area contributed by atoms with Crippen LogP contribution in [0.2, 0.25) is 0 Å². The van der Waals surface area contributed by atoms with Crippen molar-refractivity contribution in [3.8, 4) is 11.6 Å². The predicted octanol–water partition coefficient (Wildman–Crippen LogP) is 7.59. The largest absolute Gasteiger partial charge is 0.489 e. The molecule has 12 rings (SSSR count). The van der Waals surface area contributed by atoms with Gasteiger partial charge in [-0.15, -0.1) is 0 Å². The molecule has 356 valence electrons. The Balaban J connectivity index is 0.835. The molecule has 18 heteroatoms. The summed E-state index contributed by atoms with van der Waals surface area (Å²) in [4.78, 5) is 45.5. The van der Waals surface area contributed by atoms with Crippen LogP contribution in [0, 0.1) is 22.5 Å². The van der Waals surface area contributed by atoms with E-state index in [1.165, 1.54) is 42.9 Å². The fourth-order valence-corrected chi connectivity index (χ4v) is 12.9. The van der Waals surface area contributed by atoms with Crippen LogP contribution in [0.15, 0.2) is 102 Å². The number of carbonyl (C=O) groups excluding carboxylic acids is 1. The van der Waals surface area contributed by atoms with Gasteiger partial charge in [-0.1, -0.05) is 30.3 Å². The van der Waals surface area contributed by atoms with Crippen LogP contribution in [0.3, 0.4) is 0 Å². The summed E-state index contributed by atoms with van der Waals surface area (Å²) in [5.41, 5.74) is 6.15. The number of benzene rings is 3. The molecular weight excluding hydrogens is 899 g/mol. The van der Waals surface area contributed by atoms with Crippen LogP contribution in [-0.4, -0.2) is 103 Å². The summed E-state index contributed by atoms with van der Waals surface area (Å²) in [5, 5.41) is 16.5. The van der Waals surface area contributed by atoms with E-state index >= 15 is 0 Å². The van der Waals surface area contributed by atoms with Crippen molar-refractivity contribution < 1.29 is 32.3 Å². The number of H-pyrrole nitrogens is 1. The molecule has 3 aromatic heterocycles. The monoisotopic (exact) mass is 951 g/mol. The highest BCUT2D eigenvalue weighted by Crippen LogP contribution is 2.54. The maximum Gasteiger partial charge on any atom is 0.297 e. The summed E-state index contributed by atoms with van der Waals surface area (Å²) >= 11 is 0. The van der Waals surface area contributed by atoms with Crippen LogP contribution in [0.25, 0.3) is 11.0 Å². The average molecular weight is 952 g/mol. The van der Waals surface area contributed by atoms with E-state index in [-0.39, 0.29) is 41.1 Å². The van der Waals surface area contributed by atoms with Crippen molar-refractivity contribution in [1.82, 2.24) is 24.6 Å². The average Bonchev–Trinajstić information content (AvgIpc) is 4.14. The van der Waals surface area contributed by atoms with Gasteiger partial charge < -0.3 is 34.3 Å². The quantitative estimate of drug-likeness (QED) is 0.0897. The van der Waals surface area contributed by atoms with E-state index in [0.717, 1.165) is 55.3 Å². The molecule has 6 aliphatic rings. The summed E-state index contributed by atoms with van der Waals surface area (Å²) in [5.74, 6) is -0.557. The maximum absolute atomic E-state index is 14.7. The van der Waals surface area contributed by atoms with Gasteiger partial charge in [-0.25, -0.2) is 13.1 Å². The Morgan fingerprint density at radius 3 is 2.62 bits per heavy atom. The van der Waals surface area contributed by atoms with Crippen molar-refractivity contribution in [2.45, 2.75) is 87.0 Å². The Morgan fingerprint density at radius 1 is 0.971 bits per heavy atom. The van der Waals surface area contributed by atoms with Crippen molar-refractivity contribution in [2.75, 3.05) is 54.6 Å². The normalized spacial score (nSPS) is 23.0. The number of piperidine rings is 1. The molecule has 4 fully saturated rings. The second-order valence-corrected chi connectivity index (χ2v) is 21.2. The molecule has 3 saturated heterocycles. The molecule has 6 aromatic rings. The van der Waals surface area contributed by atoms with Gasteiger partial charge in [0.1, 0.15) is 24.0 Å². The first-order valence-corrected chi connectivity index (χ1v) is 25.4. The minimum Gasteiger partial charge on any atom is -0.489 e. The summed E-state index contributed by atoms with van der Waals surface area (Å²) < 4.78 is 49.2. The smallest absolute Gasteiger partial charge is 0.297 e. The summed E-state index contributed by atoms with van der Waals surface area (Å²) in [6.45, 7) is 5.75. The Kier molecular flexibility index (Phi) is 10.7. The van der Waals surface area contributed by atoms with Gasteiger partial charge in [-0.2, -0.15) is 4.98 Å². The highest BCUT2D eigenvalue weighted by atomic mass is 32.2. The summed E-state index contributed by atoms with van der Waals surface area (Å²) in [7, 11) is -4.70. The molecule has 1 spiro atoms. The second-order valence-electron chi connectivity index (χ2n) is 19.5. The molecule has 17 nitrogen and oxygen atoms in total. The Bertz CT molecular complexity index is 3100. The lowest BCUT2D eigenvalue weighted by atomic mass is 9.59. The number of aromatic nitrogens is 3. The zero-order valence-corrected chi connectivity index (χ0v) is 39.0. The number of amides is 1. The minimum atomic E-state index is -4.70. The number of anilines is 4. The molecule has 1 saturated carbocycles. The fraction of sp³-hybridized carbons (Fsp3) is 0.392. The van der Waals surface area contributed by atoms with Crippen molar-refractivity contribution in [3.63, 3.8) is 0 Å². The van der Waals surface area contributed by atoms with E-state index in [0.29, 0.717) is 54.6 Å². The van der Waals surface area contributed by atoms with E-state index < -0.39 is 37.5 Å². The summed E-state index contributed by atoms with van der Waals surface area (Å²) in [6, 6.07) is 26.2. The maximum atomic E-state index is 14.7. The lowest BCUT2D eigenvalue weighted by Gasteiger charge is -2.56. The SMILES string of the molecule is Cc1ccccc1[C@@H]1CCCN1C1CC2(CCN(c3ccc(C(=O)NS(=O)(=O)c4cc5c(c([N+](=O)[O-])c4)N[C@@H](Cc4ccccn4)CO5)c(N4c5cc6cc[nH]c6nc5O[C@@H]5COC[C@H]54)c3)CC2)C1. The summed E-state index contributed by atoms with van der Waals surface area (Å²) in [6.07, 6.45) is 10.4. The lowest BCUT2D eigenvalue weighted by Crippen LogP contribution is -2.55. The van der Waals surface area contributed by atoms with Crippen LogP contribution < -0.4 is 29.3 Å². The molecule has 3 aromatic carbocycles. The fourth-order valence-electron chi connectivity index (χ4n) is 11.9. The third-order valence-electron chi connectivity index (χ3n) is 15.4. The number of carbonyl (C=O) groups is 1. The molecule has 3 N–H and O–H groups in total. The zero-order valence-electron chi connectivity index (χ0n) is 38.2. The first-order valence-electron chi connectivity index (χ1n) is 23.9. The number of fused-ring (bicyclic) bond motifs is 4. The van der Waals surface area contributed by atoms with Crippen LogP contribution >= 0.6 is 0 Å². The van der Waals surface area contributed by atoms with Crippen molar-refractivity contribution in [3.05, 3.63) is 130 Å². The number of likely N-dealkylation sites (tertiary alicyclic amines) is 1. The molecule has 4 atom stereocenters. The van der Waals surface area contributed by atoms with Gasteiger partial charge in [0.25, 0.3) is 21.6 Å². The van der Waals surface area contributed by atoms with Crippen molar-refractivity contribution in [2.24, 2.45) is 5.41 Å². The van der Waals surface area contributed by atoms with E-state index in [9.17, 15) is 23.3 Å². The van der Waals surface area contributed by atoms with Crippen molar-refractivity contribution >= 4 is 55.4 Å². The number of sulfonamides is 1. The number of rotatable bonds is 10. The first kappa shape index (κ1) is 43.5. The Labute approximate surface area is 399 Å². The Hall–Kier alpha value is -6.76. The molecule has 8 heterocycles. The first-order chi connectivity index (χ1) is 33.5. The molecule has 0 radical (unpaired) electrons. The number of nitro groups is 1. The third kappa shape index (κ3) is 7.87. The number of ether oxygens (including phenoxy) is 3. The molecule has 1 amide bonds. The number of nitrogens with one attached hydrogen (secondary N) is 3. The van der Waals surface area contributed by atoms with E-state index in [2.05, 4.69) is 61.0 Å². The van der Waals surface area contributed by atoms with Gasteiger partial charge in [0.05, 0.1) is 46.4 Å². The van der Waals surface area contributed by atoms with Crippen LogP contribution in [0.5, 0.6) is 11.6 Å². The third-order valence-corrected chi connectivity index (χ3v) is 16.7. The van der Waals surface area contributed by atoms with Gasteiger partial charge in [-0.05, 0) is 111 Å². The van der Waals surface area contributed by atoms with E-state index in [1.54, 1.807) is 24.5 Å². The van der Waals surface area contributed by atoms with Gasteiger partial charge in [-0.3, -0.25) is 24.8 Å². The predicted molar refractivity (Wildman–Crippen MR) is 259 cm³/mol. The molecule has 0 bridgehead atoms. The van der Waals surface area contributed by atoms with Crippen LogP contribution in [0.1, 0.15) is 71.7 Å². The molecular formula is C51H53N9O8S. The number of pyridine rings is 2. The highest BCUT2D eigenvalue weighted by Gasteiger charge is 2.50. The number of hydrogen-bond donors (Lipinski definition) is 3. The van der Waals surface area contributed by atoms with Gasteiger partial charge in [0.15, 0.2) is 11.4 Å². The molecule has 0 unspecified atom stereocenters. The number of aryl methyl sites for hydroxylation is 1. The van der Waals surface area contributed by atoms with Gasteiger partial charge in [0.2, 0.25) is 5.88 Å². The molecule has 5 aliphatic heterocycles. The minimum absolute atomic E-state index is 0.0108. The van der Waals surface area contributed by atoms with Crippen LogP contribution in [-0.2, 0) is 21.2 Å². The second kappa shape index (κ2) is 17.0. The van der Waals surface area contributed by atoms with Gasteiger partial charge in [0, 0.05) is 72.9 Å². The van der Waals surface area contributed by atoms with Crippen molar-refractivity contribution in [1.29, 1.82) is 0 Å². The topological polar surface area (TPSA) is 197 Å².